The smallest absolute Gasteiger partial charge is 0.390 e. The van der Waals surface area contributed by atoms with Gasteiger partial charge in [-0.3, -0.25) is 0 Å². The zero-order valence-corrected chi connectivity index (χ0v) is 22.6. The van der Waals surface area contributed by atoms with Crippen LogP contribution in [0, 0.1) is 0 Å². The van der Waals surface area contributed by atoms with Gasteiger partial charge in [-0.25, -0.2) is 0 Å². The van der Waals surface area contributed by atoms with Crippen molar-refractivity contribution in [3.05, 3.63) is 0 Å². The van der Waals surface area contributed by atoms with Crippen molar-refractivity contribution in [2.75, 3.05) is 6.61 Å². The molecule has 2 fully saturated rings. The largest absolute Gasteiger partial charge is 0.698 e. The summed E-state index contributed by atoms with van der Waals surface area (Å²) in [4.78, 5) is 0. The van der Waals surface area contributed by atoms with Gasteiger partial charge in [0.25, 0.3) is 0 Å². The number of nitrogens with two attached hydrogens (primary N) is 1. The van der Waals surface area contributed by atoms with Gasteiger partial charge in [0, 0.05) is 36.4 Å². The first-order valence-corrected chi connectivity index (χ1v) is 14.1. The van der Waals surface area contributed by atoms with Crippen LogP contribution in [-0.2, 0) is 27.8 Å². The normalized spacial score (nSPS) is 33.6. The van der Waals surface area contributed by atoms with Gasteiger partial charge in [-0.05, 0) is 39.5 Å². The van der Waals surface area contributed by atoms with E-state index in [4.69, 9.17) is 36.8 Å². The molecule has 2 aliphatic rings. The highest BCUT2D eigenvalue weighted by Gasteiger charge is 2.48. The Morgan fingerprint density at radius 3 is 2.38 bits per heavy atom. The summed E-state index contributed by atoms with van der Waals surface area (Å²) in [7, 11) is 3.51. The van der Waals surface area contributed by atoms with Crippen LogP contribution in [0.4, 0.5) is 0 Å². The van der Waals surface area contributed by atoms with Crippen molar-refractivity contribution < 1.29 is 32.9 Å². The molecule has 5 unspecified atom stereocenters. The Hall–Kier alpha value is -0.115. The van der Waals surface area contributed by atoms with Crippen LogP contribution in [0.15, 0.2) is 0 Å². The maximum atomic E-state index is 12.9. The predicted molar refractivity (Wildman–Crippen MR) is 133 cm³/mol. The lowest BCUT2D eigenvalue weighted by Crippen LogP contribution is -2.37. The molecule has 196 valence electrons. The van der Waals surface area contributed by atoms with Crippen molar-refractivity contribution in [2.24, 2.45) is 5.73 Å². The Morgan fingerprint density at radius 2 is 1.74 bits per heavy atom. The molecule has 0 spiro atoms. The summed E-state index contributed by atoms with van der Waals surface area (Å²) in [5, 5.41) is 10.4. The molecule has 2 radical (unpaired) electrons. The average molecular weight is 502 g/mol. The van der Waals surface area contributed by atoms with Crippen LogP contribution in [0.25, 0.3) is 0 Å². The second-order valence-electron chi connectivity index (χ2n) is 10.4. The van der Waals surface area contributed by atoms with Crippen LogP contribution < -0.4 is 5.73 Å². The minimum Gasteiger partial charge on any atom is -0.390 e. The maximum absolute atomic E-state index is 12.9. The van der Waals surface area contributed by atoms with Gasteiger partial charge >= 0.3 is 8.25 Å². The molecule has 8 nitrogen and oxygen atoms in total. The topological polar surface area (TPSA) is 109 Å². The maximum Gasteiger partial charge on any atom is 0.698 e. The molecule has 0 aromatic carbocycles. The lowest BCUT2D eigenvalue weighted by Gasteiger charge is -2.28. The number of unbranched alkanes of at least 4 members (excludes halogenated alkanes) is 3. The van der Waals surface area contributed by atoms with Gasteiger partial charge in [0.05, 0.1) is 23.9 Å². The SMILES string of the molecule is [B][C@H]1CC(O[P+](=O)OC(C)(CC)C[C@H]2O[C@@H](N)CC2OCCCCCC)[C@@H](CC(C)(O)CC)O1. The van der Waals surface area contributed by atoms with Crippen LogP contribution >= 0.6 is 8.25 Å². The average Bonchev–Trinajstić information content (AvgIpc) is 3.27. The van der Waals surface area contributed by atoms with E-state index in [2.05, 4.69) is 6.92 Å². The molecule has 0 aliphatic carbocycles. The van der Waals surface area contributed by atoms with Gasteiger partial charge in [-0.15, -0.1) is 9.05 Å². The highest BCUT2D eigenvalue weighted by Crippen LogP contribution is 2.42. The molecule has 3 N–H and O–H groups in total. The van der Waals surface area contributed by atoms with Gasteiger partial charge in [0.1, 0.15) is 25.8 Å². The first kappa shape index (κ1) is 30.1. The Kier molecular flexibility index (Phi) is 12.4. The Balaban J connectivity index is 1.91. The first-order chi connectivity index (χ1) is 16.0. The van der Waals surface area contributed by atoms with E-state index < -0.39 is 37.7 Å². The number of rotatable bonds is 16. The highest BCUT2D eigenvalue weighted by atomic mass is 31.1. The van der Waals surface area contributed by atoms with Crippen molar-refractivity contribution in [1.29, 1.82) is 0 Å². The predicted octanol–water partition coefficient (Wildman–Crippen LogP) is 4.48. The van der Waals surface area contributed by atoms with Crippen molar-refractivity contribution in [1.82, 2.24) is 0 Å². The Labute approximate surface area is 208 Å². The third-order valence-corrected chi connectivity index (χ3v) is 8.12. The van der Waals surface area contributed by atoms with Gasteiger partial charge in [0.2, 0.25) is 0 Å². The number of ether oxygens (including phenoxy) is 3. The van der Waals surface area contributed by atoms with Crippen LogP contribution in [0.5, 0.6) is 0 Å². The molecule has 34 heavy (non-hydrogen) atoms. The fourth-order valence-electron chi connectivity index (χ4n) is 4.47. The first-order valence-electron chi connectivity index (χ1n) is 13.0. The molecule has 2 aliphatic heterocycles. The molecular weight excluding hydrogens is 456 g/mol. The molecule has 10 heteroatoms. The highest BCUT2D eigenvalue weighted by molar-refractivity contribution is 7.33. The van der Waals surface area contributed by atoms with E-state index >= 15 is 0 Å². The molecule has 0 aromatic rings. The monoisotopic (exact) mass is 502 g/mol. The summed E-state index contributed by atoms with van der Waals surface area (Å²) in [6.07, 6.45) is 5.96. The summed E-state index contributed by atoms with van der Waals surface area (Å²) in [5.41, 5.74) is 4.41. The van der Waals surface area contributed by atoms with Crippen molar-refractivity contribution >= 4 is 16.1 Å². The minimum absolute atomic E-state index is 0.105. The molecule has 2 heterocycles. The van der Waals surface area contributed by atoms with E-state index in [0.717, 1.165) is 12.8 Å². The fourth-order valence-corrected chi connectivity index (χ4v) is 5.52. The van der Waals surface area contributed by atoms with Crippen LogP contribution in [0.3, 0.4) is 0 Å². The van der Waals surface area contributed by atoms with Crippen molar-refractivity contribution in [2.45, 2.75) is 147 Å². The summed E-state index contributed by atoms with van der Waals surface area (Å²) in [5.74, 6) is 0. The molecule has 0 aromatic heterocycles. The van der Waals surface area contributed by atoms with Gasteiger partial charge in [0.15, 0.2) is 0 Å². The zero-order chi connectivity index (χ0) is 25.4. The van der Waals surface area contributed by atoms with E-state index in [1.807, 2.05) is 20.8 Å². The van der Waals surface area contributed by atoms with Crippen LogP contribution in [-0.4, -0.2) is 67.4 Å². The number of hydrogen-bond acceptors (Lipinski definition) is 8. The summed E-state index contributed by atoms with van der Waals surface area (Å²) >= 11 is 0. The summed E-state index contributed by atoms with van der Waals surface area (Å²) < 4.78 is 42.4. The van der Waals surface area contributed by atoms with E-state index in [9.17, 15) is 9.67 Å². The minimum atomic E-state index is -2.44. The lowest BCUT2D eigenvalue weighted by molar-refractivity contribution is -0.0670. The van der Waals surface area contributed by atoms with E-state index in [1.165, 1.54) is 12.8 Å². The third kappa shape index (κ3) is 9.74. The molecule has 2 rings (SSSR count). The molecule has 9 atom stereocenters. The van der Waals surface area contributed by atoms with Gasteiger partial charge in [-0.2, -0.15) is 0 Å². The van der Waals surface area contributed by atoms with E-state index in [0.29, 0.717) is 45.1 Å². The standard InChI is InChI=1S/C24H46BNO7P/c1-6-9-10-11-12-29-17-14-22(26)31-20(17)16-24(5,8-3)33-34(28)32-18-13-21(25)30-19(18)15-23(4,27)7-2/h17-22,27H,6-16,26H2,1-5H3/q+1/t17?,18?,19-,20-,21-,22-,23?,24?/m1/s1. The molecule has 0 saturated carbocycles. The summed E-state index contributed by atoms with van der Waals surface area (Å²) in [6, 6.07) is -0.521. The van der Waals surface area contributed by atoms with E-state index in [1.54, 1.807) is 6.92 Å². The van der Waals surface area contributed by atoms with E-state index in [-0.39, 0.29) is 18.4 Å². The lowest BCUT2D eigenvalue weighted by atomic mass is 9.91. The van der Waals surface area contributed by atoms with Gasteiger partial charge < -0.3 is 25.1 Å². The Morgan fingerprint density at radius 1 is 1.03 bits per heavy atom. The third-order valence-electron chi connectivity index (χ3n) is 7.09. The van der Waals surface area contributed by atoms with Crippen LogP contribution in [0.1, 0.15) is 98.8 Å². The quantitative estimate of drug-likeness (QED) is 0.181. The second-order valence-corrected chi connectivity index (χ2v) is 11.2. The number of hydrogen-bond donors (Lipinski definition) is 2. The van der Waals surface area contributed by atoms with Crippen molar-refractivity contribution in [3.63, 3.8) is 0 Å². The summed E-state index contributed by atoms with van der Waals surface area (Å²) in [6.45, 7) is 10.4. The fraction of sp³-hybridized carbons (Fsp3) is 1.00. The zero-order valence-electron chi connectivity index (χ0n) is 21.7. The van der Waals surface area contributed by atoms with Crippen LogP contribution in [0.2, 0.25) is 0 Å². The molecule has 0 amide bonds. The number of aliphatic hydroxyl groups is 1. The van der Waals surface area contributed by atoms with Crippen molar-refractivity contribution in [3.8, 4) is 0 Å². The van der Waals surface area contributed by atoms with Gasteiger partial charge in [-0.1, -0.05) is 40.0 Å². The Bertz CT molecular complexity index is 628. The molecule has 0 bridgehead atoms. The molecule has 2 saturated heterocycles. The second kappa shape index (κ2) is 14.0. The molecular formula is C24H46BNO7P+.